The van der Waals surface area contributed by atoms with Gasteiger partial charge in [0.15, 0.2) is 0 Å². The number of ether oxygens (including phenoxy) is 1. The number of nitrogens with zero attached hydrogens (tertiary/aromatic N) is 3. The van der Waals surface area contributed by atoms with Crippen molar-refractivity contribution in [3.63, 3.8) is 0 Å². The third kappa shape index (κ3) is 2.98. The summed E-state index contributed by atoms with van der Waals surface area (Å²) in [4.78, 5) is 18.2. The molecule has 0 spiro atoms. The first kappa shape index (κ1) is 14.6. The van der Waals surface area contributed by atoms with E-state index in [0.717, 1.165) is 17.8 Å². The van der Waals surface area contributed by atoms with Crippen molar-refractivity contribution < 1.29 is 9.53 Å². The summed E-state index contributed by atoms with van der Waals surface area (Å²) in [6.07, 6.45) is 6.55. The Hall–Kier alpha value is -2.30. The van der Waals surface area contributed by atoms with Gasteiger partial charge >= 0.3 is 6.09 Å². The minimum atomic E-state index is -0.456. The maximum Gasteiger partial charge on any atom is 0.410 e. The highest BCUT2D eigenvalue weighted by molar-refractivity contribution is 5.72. The number of carbonyl (C=O) groups is 1. The van der Waals surface area contributed by atoms with E-state index >= 15 is 0 Å². The quantitative estimate of drug-likeness (QED) is 0.811. The molecule has 0 saturated heterocycles. The normalized spacial score (nSPS) is 15.8. The molecule has 2 aromatic rings. The number of carbonyl (C=O) groups excluding carboxylic acids is 1. The van der Waals surface area contributed by atoms with E-state index in [-0.39, 0.29) is 6.09 Å². The second-order valence-corrected chi connectivity index (χ2v) is 6.48. The molecule has 0 unspecified atom stereocenters. The average Bonchev–Trinajstić information content (AvgIpc) is 2.89. The zero-order valence-electron chi connectivity index (χ0n) is 13.2. The standard InChI is InChI=1S/C17H21N3O2/c1-17(2,3)22-16(21)19-10-7-13(8-11-19)14-12-18-15-6-4-5-9-20(14)15/h4-7,9,12H,8,10-11H2,1-3H3. The zero-order chi connectivity index (χ0) is 15.7. The van der Waals surface area contributed by atoms with Crippen molar-refractivity contribution >= 4 is 17.3 Å². The molecular weight excluding hydrogens is 278 g/mol. The Morgan fingerprint density at radius 2 is 2.14 bits per heavy atom. The van der Waals surface area contributed by atoms with Gasteiger partial charge in [0.05, 0.1) is 11.9 Å². The molecule has 0 aromatic carbocycles. The number of hydrogen-bond donors (Lipinski definition) is 0. The summed E-state index contributed by atoms with van der Waals surface area (Å²) in [6, 6.07) is 5.96. The minimum absolute atomic E-state index is 0.249. The molecule has 1 amide bonds. The Labute approximate surface area is 130 Å². The van der Waals surface area contributed by atoms with Crippen LogP contribution in [0.4, 0.5) is 4.79 Å². The van der Waals surface area contributed by atoms with Crippen LogP contribution in [0.5, 0.6) is 0 Å². The first-order valence-corrected chi connectivity index (χ1v) is 7.53. The van der Waals surface area contributed by atoms with Crippen LogP contribution in [0.2, 0.25) is 0 Å². The Balaban J connectivity index is 1.75. The topological polar surface area (TPSA) is 46.8 Å². The molecule has 0 radical (unpaired) electrons. The highest BCUT2D eigenvalue weighted by atomic mass is 16.6. The number of rotatable bonds is 1. The predicted octanol–water partition coefficient (Wildman–Crippen LogP) is 3.36. The maximum absolute atomic E-state index is 12.1. The van der Waals surface area contributed by atoms with Crippen molar-refractivity contribution in [2.24, 2.45) is 0 Å². The molecule has 5 nitrogen and oxygen atoms in total. The molecule has 116 valence electrons. The van der Waals surface area contributed by atoms with Gasteiger partial charge in [-0.15, -0.1) is 0 Å². The van der Waals surface area contributed by atoms with Crippen molar-refractivity contribution in [1.29, 1.82) is 0 Å². The van der Waals surface area contributed by atoms with E-state index in [1.165, 1.54) is 5.57 Å². The molecule has 22 heavy (non-hydrogen) atoms. The van der Waals surface area contributed by atoms with Gasteiger partial charge in [0.25, 0.3) is 0 Å². The minimum Gasteiger partial charge on any atom is -0.444 e. The summed E-state index contributed by atoms with van der Waals surface area (Å²) in [5.41, 5.74) is 2.80. The molecule has 0 atom stereocenters. The number of amides is 1. The van der Waals surface area contributed by atoms with Crippen LogP contribution in [0.1, 0.15) is 32.9 Å². The van der Waals surface area contributed by atoms with Crippen LogP contribution in [0.25, 0.3) is 11.2 Å². The van der Waals surface area contributed by atoms with Gasteiger partial charge in [-0.1, -0.05) is 12.1 Å². The fourth-order valence-electron chi connectivity index (χ4n) is 2.56. The van der Waals surface area contributed by atoms with Gasteiger partial charge in [0.2, 0.25) is 0 Å². The summed E-state index contributed by atoms with van der Waals surface area (Å²) in [5, 5.41) is 0. The fraction of sp³-hybridized carbons (Fsp3) is 0.412. The van der Waals surface area contributed by atoms with Gasteiger partial charge in [-0.2, -0.15) is 0 Å². The highest BCUT2D eigenvalue weighted by Crippen LogP contribution is 2.24. The molecule has 0 aliphatic carbocycles. The monoisotopic (exact) mass is 299 g/mol. The van der Waals surface area contributed by atoms with Crippen LogP contribution in [0, 0.1) is 0 Å². The van der Waals surface area contributed by atoms with Crippen LogP contribution in [0.15, 0.2) is 36.7 Å². The van der Waals surface area contributed by atoms with Gasteiger partial charge in [-0.05, 0) is 44.9 Å². The summed E-state index contributed by atoms with van der Waals surface area (Å²) in [6.45, 7) is 6.89. The van der Waals surface area contributed by atoms with Crippen molar-refractivity contribution in [3.05, 3.63) is 42.4 Å². The van der Waals surface area contributed by atoms with Crippen LogP contribution in [-0.2, 0) is 4.74 Å². The van der Waals surface area contributed by atoms with Gasteiger partial charge in [-0.25, -0.2) is 9.78 Å². The van der Waals surface area contributed by atoms with Crippen LogP contribution in [0.3, 0.4) is 0 Å². The SMILES string of the molecule is CC(C)(C)OC(=O)N1CC=C(c2cnc3ccccn23)CC1. The summed E-state index contributed by atoms with van der Waals surface area (Å²) >= 11 is 0. The molecule has 3 heterocycles. The van der Waals surface area contributed by atoms with Gasteiger partial charge < -0.3 is 14.0 Å². The van der Waals surface area contributed by atoms with E-state index in [1.54, 1.807) is 4.90 Å². The molecule has 5 heteroatoms. The van der Waals surface area contributed by atoms with Gasteiger partial charge in [-0.3, -0.25) is 0 Å². The first-order chi connectivity index (χ1) is 10.4. The number of pyridine rings is 1. The molecule has 3 rings (SSSR count). The number of imidazole rings is 1. The zero-order valence-corrected chi connectivity index (χ0v) is 13.2. The molecule has 0 bridgehead atoms. The molecule has 0 saturated carbocycles. The van der Waals surface area contributed by atoms with E-state index in [9.17, 15) is 4.79 Å². The van der Waals surface area contributed by atoms with E-state index in [1.807, 2.05) is 51.4 Å². The van der Waals surface area contributed by atoms with E-state index in [0.29, 0.717) is 13.1 Å². The number of hydrogen-bond acceptors (Lipinski definition) is 3. The molecule has 2 aromatic heterocycles. The lowest BCUT2D eigenvalue weighted by Gasteiger charge is -2.29. The third-order valence-electron chi connectivity index (χ3n) is 3.61. The van der Waals surface area contributed by atoms with Gasteiger partial charge in [0, 0.05) is 19.3 Å². The van der Waals surface area contributed by atoms with E-state index in [4.69, 9.17) is 4.74 Å². The highest BCUT2D eigenvalue weighted by Gasteiger charge is 2.24. The summed E-state index contributed by atoms with van der Waals surface area (Å²) in [5.74, 6) is 0. The molecule has 1 aliphatic rings. The summed E-state index contributed by atoms with van der Waals surface area (Å²) in [7, 11) is 0. The predicted molar refractivity (Wildman–Crippen MR) is 85.6 cm³/mol. The second-order valence-electron chi connectivity index (χ2n) is 6.48. The largest absolute Gasteiger partial charge is 0.444 e. The lowest BCUT2D eigenvalue weighted by Crippen LogP contribution is -2.39. The van der Waals surface area contributed by atoms with Crippen molar-refractivity contribution in [2.45, 2.75) is 32.8 Å². The van der Waals surface area contributed by atoms with Gasteiger partial charge in [0.1, 0.15) is 11.2 Å². The van der Waals surface area contributed by atoms with Crippen molar-refractivity contribution in [3.8, 4) is 0 Å². The molecular formula is C17H21N3O2. The molecule has 1 aliphatic heterocycles. The Bertz CT molecular complexity index is 725. The van der Waals surface area contributed by atoms with E-state index in [2.05, 4.69) is 15.5 Å². The van der Waals surface area contributed by atoms with Crippen molar-refractivity contribution in [2.75, 3.05) is 13.1 Å². The smallest absolute Gasteiger partial charge is 0.410 e. The maximum atomic E-state index is 12.1. The molecule has 0 N–H and O–H groups in total. The molecule has 0 fully saturated rings. The Kier molecular flexibility index (Phi) is 3.64. The Morgan fingerprint density at radius 3 is 2.82 bits per heavy atom. The van der Waals surface area contributed by atoms with Crippen LogP contribution >= 0.6 is 0 Å². The second kappa shape index (κ2) is 5.48. The third-order valence-corrected chi connectivity index (χ3v) is 3.61. The number of aromatic nitrogens is 2. The Morgan fingerprint density at radius 1 is 1.32 bits per heavy atom. The fourth-order valence-corrected chi connectivity index (χ4v) is 2.56. The van der Waals surface area contributed by atoms with E-state index < -0.39 is 5.60 Å². The summed E-state index contributed by atoms with van der Waals surface area (Å²) < 4.78 is 7.49. The first-order valence-electron chi connectivity index (χ1n) is 7.53. The average molecular weight is 299 g/mol. The number of fused-ring (bicyclic) bond motifs is 1. The lowest BCUT2D eigenvalue weighted by molar-refractivity contribution is 0.0270. The van der Waals surface area contributed by atoms with Crippen LogP contribution in [-0.4, -0.2) is 39.1 Å². The van der Waals surface area contributed by atoms with Crippen LogP contribution < -0.4 is 0 Å². The van der Waals surface area contributed by atoms with Crippen molar-refractivity contribution in [1.82, 2.24) is 14.3 Å². The lowest BCUT2D eigenvalue weighted by atomic mass is 10.1.